The van der Waals surface area contributed by atoms with Crippen LogP contribution in [0.3, 0.4) is 0 Å². The summed E-state index contributed by atoms with van der Waals surface area (Å²) in [5.41, 5.74) is 0. The molecule has 0 aromatic rings. The first-order valence-corrected chi connectivity index (χ1v) is 3.68. The Morgan fingerprint density at radius 1 is 1.27 bits per heavy atom. The first kappa shape index (κ1) is 13.5. The van der Waals surface area contributed by atoms with E-state index in [-0.39, 0.29) is 37.5 Å². The van der Waals surface area contributed by atoms with Crippen LogP contribution >= 0.6 is 0 Å². The van der Waals surface area contributed by atoms with Crippen LogP contribution in [0.5, 0.6) is 0 Å². The molecule has 0 atom stereocenters. The number of carbonyl (C=O) groups is 2. The van der Waals surface area contributed by atoms with E-state index in [1.54, 1.807) is 0 Å². The molecule has 0 spiro atoms. The van der Waals surface area contributed by atoms with Gasteiger partial charge in [-0.3, -0.25) is 9.59 Å². The second-order valence-electron chi connectivity index (χ2n) is 2.52. The Balaban J connectivity index is 0. The molecule has 0 aromatic carbocycles. The van der Waals surface area contributed by atoms with Crippen LogP contribution in [0.15, 0.2) is 0 Å². The van der Waals surface area contributed by atoms with Crippen molar-refractivity contribution in [3.05, 3.63) is 0 Å². The molecule has 11 heavy (non-hydrogen) atoms. The van der Waals surface area contributed by atoms with Gasteiger partial charge >= 0.3 is 0 Å². The molecule has 0 radical (unpaired) electrons. The molecule has 0 saturated carbocycles. The molecule has 3 heteroatoms. The minimum Gasteiger partial charge on any atom is -0.300 e. The van der Waals surface area contributed by atoms with Crippen LogP contribution in [0.2, 0.25) is 0 Å². The van der Waals surface area contributed by atoms with Gasteiger partial charge in [-0.15, -0.1) is 0 Å². The Morgan fingerprint density at radius 3 is 2.18 bits per heavy atom. The zero-order valence-corrected chi connectivity index (χ0v) is 8.74. The molecule has 66 valence electrons. The van der Waals surface area contributed by atoms with Gasteiger partial charge in [-0.05, 0) is 13.3 Å². The molecule has 2 nitrogen and oxygen atoms in total. The average molecular weight is 243 g/mol. The maximum atomic E-state index is 10.8. The van der Waals surface area contributed by atoms with Gasteiger partial charge in [-0.1, -0.05) is 13.3 Å². The molecule has 0 aromatic heterocycles. The monoisotopic (exact) mass is 244 g/mol. The molecule has 0 aliphatic heterocycles. The number of hydrogen-bond acceptors (Lipinski definition) is 2. The Bertz CT molecular complexity index is 132. The van der Waals surface area contributed by atoms with Crippen LogP contribution in [-0.2, 0) is 29.1 Å². The Hall–Kier alpha value is -0.0366. The summed E-state index contributed by atoms with van der Waals surface area (Å²) in [5.74, 6) is 0.0513. The van der Waals surface area contributed by atoms with Crippen molar-refractivity contribution >= 4 is 11.6 Å². The topological polar surface area (TPSA) is 34.1 Å². The van der Waals surface area contributed by atoms with Crippen LogP contribution in [-0.4, -0.2) is 11.6 Å². The number of ketones is 2. The van der Waals surface area contributed by atoms with Crippen LogP contribution < -0.4 is 0 Å². The van der Waals surface area contributed by atoms with E-state index < -0.39 is 0 Å². The van der Waals surface area contributed by atoms with Gasteiger partial charge in [-0.25, -0.2) is 0 Å². The number of rotatable bonds is 5. The van der Waals surface area contributed by atoms with Crippen molar-refractivity contribution in [2.75, 3.05) is 0 Å². The van der Waals surface area contributed by atoms with E-state index in [1.165, 1.54) is 6.92 Å². The molecule has 0 N–H and O–H groups in total. The van der Waals surface area contributed by atoms with E-state index in [4.69, 9.17) is 0 Å². The number of Topliss-reactive ketones (excluding diaryl/α,β-unsaturated/α-hetero) is 2. The van der Waals surface area contributed by atoms with Gasteiger partial charge in [0.15, 0.2) is 0 Å². The predicted molar refractivity (Wildman–Crippen MR) is 39.8 cm³/mol. The van der Waals surface area contributed by atoms with Crippen molar-refractivity contribution in [3.8, 4) is 0 Å². The Labute approximate surface area is 80.5 Å². The summed E-state index contributed by atoms with van der Waals surface area (Å²) in [6.45, 7) is 3.48. The van der Waals surface area contributed by atoms with Crippen molar-refractivity contribution in [3.63, 3.8) is 0 Å². The standard InChI is InChI=1S/C8H14O2.Ru/c1-3-4-5-8(10)6-7(2)9;/h3-6H2,1-2H3;. The summed E-state index contributed by atoms with van der Waals surface area (Å²) >= 11 is 0. The minimum atomic E-state index is -0.0268. The van der Waals surface area contributed by atoms with Crippen LogP contribution in [0, 0.1) is 0 Å². The molecule has 0 aliphatic carbocycles. The van der Waals surface area contributed by atoms with E-state index in [0.29, 0.717) is 6.42 Å². The van der Waals surface area contributed by atoms with Crippen LogP contribution in [0.25, 0.3) is 0 Å². The zero-order valence-electron chi connectivity index (χ0n) is 7.00. The molecule has 0 aliphatic rings. The third-order valence-electron chi connectivity index (χ3n) is 1.26. The largest absolute Gasteiger partial charge is 0.300 e. The third-order valence-corrected chi connectivity index (χ3v) is 1.26. The zero-order chi connectivity index (χ0) is 7.98. The summed E-state index contributed by atoms with van der Waals surface area (Å²) < 4.78 is 0. The molecule has 0 unspecified atom stereocenters. The van der Waals surface area contributed by atoms with E-state index >= 15 is 0 Å². The van der Waals surface area contributed by atoms with Crippen molar-refractivity contribution in [1.82, 2.24) is 0 Å². The first-order chi connectivity index (χ1) is 4.66. The third kappa shape index (κ3) is 9.96. The molecule has 0 bridgehead atoms. The van der Waals surface area contributed by atoms with E-state index in [0.717, 1.165) is 12.8 Å². The number of unbranched alkanes of at least 4 members (excludes halogenated alkanes) is 1. The fourth-order valence-electron chi connectivity index (χ4n) is 0.740. The predicted octanol–water partition coefficient (Wildman–Crippen LogP) is 1.72. The molecular weight excluding hydrogens is 229 g/mol. The maximum absolute atomic E-state index is 10.8. The Morgan fingerprint density at radius 2 is 1.82 bits per heavy atom. The second-order valence-corrected chi connectivity index (χ2v) is 2.52. The summed E-state index contributed by atoms with van der Waals surface area (Å²) in [5, 5.41) is 0. The quantitative estimate of drug-likeness (QED) is 0.544. The van der Waals surface area contributed by atoms with Crippen LogP contribution in [0.1, 0.15) is 39.5 Å². The van der Waals surface area contributed by atoms with E-state index in [1.807, 2.05) is 6.92 Å². The normalized spacial score (nSPS) is 8.55. The van der Waals surface area contributed by atoms with Gasteiger partial charge in [0.1, 0.15) is 11.6 Å². The fraction of sp³-hybridized carbons (Fsp3) is 0.750. The van der Waals surface area contributed by atoms with Gasteiger partial charge < -0.3 is 0 Å². The van der Waals surface area contributed by atoms with Gasteiger partial charge in [0.25, 0.3) is 0 Å². The van der Waals surface area contributed by atoms with Crippen molar-refractivity contribution in [2.45, 2.75) is 39.5 Å². The van der Waals surface area contributed by atoms with E-state index in [2.05, 4.69) is 0 Å². The number of carbonyl (C=O) groups excluding carboxylic acids is 2. The number of hydrogen-bond donors (Lipinski definition) is 0. The summed E-state index contributed by atoms with van der Waals surface area (Å²) in [4.78, 5) is 21.2. The Kier molecular flexibility index (Phi) is 9.93. The molecule has 0 heterocycles. The molecule has 0 amide bonds. The maximum Gasteiger partial charge on any atom is 0.140 e. The molecular formula is C8H14O2Ru. The average Bonchev–Trinajstić information content (AvgIpc) is 1.82. The van der Waals surface area contributed by atoms with E-state index in [9.17, 15) is 9.59 Å². The molecule has 0 rings (SSSR count). The smallest absolute Gasteiger partial charge is 0.140 e. The van der Waals surface area contributed by atoms with Gasteiger partial charge in [-0.2, -0.15) is 0 Å². The van der Waals surface area contributed by atoms with Crippen LogP contribution in [0.4, 0.5) is 0 Å². The SMILES string of the molecule is CCCCC(=O)CC(C)=O.[Ru]. The van der Waals surface area contributed by atoms with Crippen molar-refractivity contribution in [1.29, 1.82) is 0 Å². The minimum absolute atomic E-state index is 0. The van der Waals surface area contributed by atoms with Gasteiger partial charge in [0, 0.05) is 25.9 Å². The van der Waals surface area contributed by atoms with Crippen molar-refractivity contribution < 1.29 is 29.1 Å². The summed E-state index contributed by atoms with van der Waals surface area (Å²) in [7, 11) is 0. The molecule has 0 saturated heterocycles. The fourth-order valence-corrected chi connectivity index (χ4v) is 0.740. The van der Waals surface area contributed by atoms with Gasteiger partial charge in [0.05, 0.1) is 6.42 Å². The van der Waals surface area contributed by atoms with Crippen molar-refractivity contribution in [2.24, 2.45) is 0 Å². The summed E-state index contributed by atoms with van der Waals surface area (Å²) in [6.07, 6.45) is 2.62. The van der Waals surface area contributed by atoms with Gasteiger partial charge in [0.2, 0.25) is 0 Å². The second kappa shape index (κ2) is 8.06. The summed E-state index contributed by atoms with van der Waals surface area (Å²) in [6, 6.07) is 0. The first-order valence-electron chi connectivity index (χ1n) is 3.68. The molecule has 0 fully saturated rings.